The van der Waals surface area contributed by atoms with Crippen molar-refractivity contribution in [2.24, 2.45) is 0 Å². The molecule has 0 saturated heterocycles. The molecule has 0 aliphatic heterocycles. The lowest BCUT2D eigenvalue weighted by Crippen LogP contribution is -2.45. The molecule has 7 heteroatoms. The Morgan fingerprint density at radius 2 is 2.15 bits per heavy atom. The van der Waals surface area contributed by atoms with Crippen LogP contribution in [0.4, 0.5) is 0 Å². The third-order valence-electron chi connectivity index (χ3n) is 2.63. The molecule has 0 spiro atoms. The Balaban J connectivity index is 2.38. The summed E-state index contributed by atoms with van der Waals surface area (Å²) in [7, 11) is 0. The fourth-order valence-electron chi connectivity index (χ4n) is 1.57. The summed E-state index contributed by atoms with van der Waals surface area (Å²) < 4.78 is 4.86. The van der Waals surface area contributed by atoms with Gasteiger partial charge in [0, 0.05) is 0 Å². The van der Waals surface area contributed by atoms with Gasteiger partial charge in [-0.2, -0.15) is 0 Å². The van der Waals surface area contributed by atoms with Crippen molar-refractivity contribution in [1.82, 2.24) is 10.6 Å². The number of aliphatic carboxylic acids is 1. The van der Waals surface area contributed by atoms with Crippen molar-refractivity contribution in [3.63, 3.8) is 0 Å². The number of carbonyl (C=O) groups is 3. The number of hydrogen-bond acceptors (Lipinski definition) is 4. The van der Waals surface area contributed by atoms with Crippen LogP contribution in [0.25, 0.3) is 0 Å². The molecule has 0 bridgehead atoms. The second kappa shape index (κ2) is 7.98. The minimum Gasteiger partial charge on any atom is -0.480 e. The van der Waals surface area contributed by atoms with Crippen LogP contribution in [0.3, 0.4) is 0 Å². The molecule has 0 aliphatic carbocycles. The summed E-state index contributed by atoms with van der Waals surface area (Å²) in [6.07, 6.45) is 3.26. The molecule has 0 fully saturated rings. The van der Waals surface area contributed by atoms with Crippen LogP contribution in [0.1, 0.15) is 36.7 Å². The summed E-state index contributed by atoms with van der Waals surface area (Å²) >= 11 is 0. The molecule has 0 unspecified atom stereocenters. The third kappa shape index (κ3) is 5.13. The number of furan rings is 1. The van der Waals surface area contributed by atoms with Gasteiger partial charge in [0.25, 0.3) is 5.91 Å². The average Bonchev–Trinajstić information content (AvgIpc) is 2.94. The van der Waals surface area contributed by atoms with Crippen molar-refractivity contribution in [1.29, 1.82) is 0 Å². The predicted molar refractivity (Wildman–Crippen MR) is 70.1 cm³/mol. The number of carbonyl (C=O) groups excluding carboxylic acids is 2. The second-order valence-corrected chi connectivity index (χ2v) is 4.26. The summed E-state index contributed by atoms with van der Waals surface area (Å²) in [6, 6.07) is 2.09. The molecule has 1 atom stereocenters. The minimum atomic E-state index is -1.08. The number of carboxylic acid groups (broad SMARTS) is 1. The smallest absolute Gasteiger partial charge is 0.326 e. The van der Waals surface area contributed by atoms with Gasteiger partial charge < -0.3 is 20.2 Å². The van der Waals surface area contributed by atoms with Crippen molar-refractivity contribution in [2.75, 3.05) is 6.54 Å². The summed E-state index contributed by atoms with van der Waals surface area (Å²) in [6.45, 7) is 1.64. The molecule has 1 heterocycles. The van der Waals surface area contributed by atoms with Crippen LogP contribution in [-0.2, 0) is 9.59 Å². The highest BCUT2D eigenvalue weighted by molar-refractivity contribution is 5.94. The van der Waals surface area contributed by atoms with Crippen LogP contribution in [0.5, 0.6) is 0 Å². The summed E-state index contributed by atoms with van der Waals surface area (Å²) in [5.74, 6) is -2.05. The van der Waals surface area contributed by atoms with Gasteiger partial charge in [-0.05, 0) is 18.6 Å². The van der Waals surface area contributed by atoms with E-state index in [0.29, 0.717) is 12.8 Å². The van der Waals surface area contributed by atoms with Gasteiger partial charge in [-0.3, -0.25) is 9.59 Å². The second-order valence-electron chi connectivity index (χ2n) is 4.26. The number of hydrogen-bond donors (Lipinski definition) is 3. The number of rotatable bonds is 8. The molecule has 3 N–H and O–H groups in total. The number of nitrogens with one attached hydrogen (secondary N) is 2. The standard InChI is InChI=1S/C13H18N2O5/c1-2-3-5-9(13(18)19)15-11(16)8-14-12(17)10-6-4-7-20-10/h4,6-7,9H,2-3,5,8H2,1H3,(H,14,17)(H,15,16)(H,18,19)/t9-/m0/s1. The lowest BCUT2D eigenvalue weighted by molar-refractivity contribution is -0.141. The maximum atomic E-state index is 11.6. The Morgan fingerprint density at radius 1 is 1.40 bits per heavy atom. The fourth-order valence-corrected chi connectivity index (χ4v) is 1.57. The molecule has 0 radical (unpaired) electrons. The zero-order chi connectivity index (χ0) is 15.0. The minimum absolute atomic E-state index is 0.0959. The maximum Gasteiger partial charge on any atom is 0.326 e. The lowest BCUT2D eigenvalue weighted by atomic mass is 10.1. The molecule has 1 aromatic heterocycles. The highest BCUT2D eigenvalue weighted by Gasteiger charge is 2.19. The zero-order valence-electron chi connectivity index (χ0n) is 11.2. The molecule has 1 aromatic rings. The molecular weight excluding hydrogens is 264 g/mol. The van der Waals surface area contributed by atoms with Crippen LogP contribution in [0.15, 0.2) is 22.8 Å². The van der Waals surface area contributed by atoms with Crippen molar-refractivity contribution in [2.45, 2.75) is 32.2 Å². The fraction of sp³-hybridized carbons (Fsp3) is 0.462. The Kier molecular flexibility index (Phi) is 6.28. The highest BCUT2D eigenvalue weighted by atomic mass is 16.4. The zero-order valence-corrected chi connectivity index (χ0v) is 11.2. The average molecular weight is 282 g/mol. The first-order valence-corrected chi connectivity index (χ1v) is 6.38. The molecular formula is C13H18N2O5. The van der Waals surface area contributed by atoms with Gasteiger partial charge in [0.15, 0.2) is 5.76 Å². The largest absolute Gasteiger partial charge is 0.480 e. The van der Waals surface area contributed by atoms with Gasteiger partial charge in [0.05, 0.1) is 12.8 Å². The van der Waals surface area contributed by atoms with E-state index in [1.54, 1.807) is 6.07 Å². The third-order valence-corrected chi connectivity index (χ3v) is 2.63. The van der Waals surface area contributed by atoms with Gasteiger partial charge in [-0.15, -0.1) is 0 Å². The van der Waals surface area contributed by atoms with E-state index in [1.165, 1.54) is 12.3 Å². The van der Waals surface area contributed by atoms with E-state index in [2.05, 4.69) is 10.6 Å². The Bertz CT molecular complexity index is 455. The van der Waals surface area contributed by atoms with Crippen molar-refractivity contribution in [3.05, 3.63) is 24.2 Å². The first-order chi connectivity index (χ1) is 9.54. The van der Waals surface area contributed by atoms with Crippen molar-refractivity contribution < 1.29 is 23.9 Å². The summed E-state index contributed by atoms with van der Waals surface area (Å²) in [5.41, 5.74) is 0. The molecule has 2 amide bonds. The maximum absolute atomic E-state index is 11.6. The normalized spacial score (nSPS) is 11.7. The molecule has 1 rings (SSSR count). The van der Waals surface area contributed by atoms with E-state index >= 15 is 0 Å². The van der Waals surface area contributed by atoms with Crippen molar-refractivity contribution >= 4 is 17.8 Å². The number of amides is 2. The molecule has 0 aliphatic rings. The first-order valence-electron chi connectivity index (χ1n) is 6.38. The first kappa shape index (κ1) is 15.7. The van der Waals surface area contributed by atoms with Gasteiger partial charge >= 0.3 is 5.97 Å². The lowest BCUT2D eigenvalue weighted by Gasteiger charge is -2.14. The number of carboxylic acids is 1. The molecule has 20 heavy (non-hydrogen) atoms. The summed E-state index contributed by atoms with van der Waals surface area (Å²) in [5, 5.41) is 13.7. The Labute approximate surface area is 116 Å². The van der Waals surface area contributed by atoms with E-state index in [-0.39, 0.29) is 12.3 Å². The van der Waals surface area contributed by atoms with E-state index in [0.717, 1.165) is 6.42 Å². The predicted octanol–water partition coefficient (Wildman–Crippen LogP) is 0.769. The van der Waals surface area contributed by atoms with Gasteiger partial charge in [0.1, 0.15) is 6.04 Å². The monoisotopic (exact) mass is 282 g/mol. The van der Waals surface area contributed by atoms with Gasteiger partial charge in [0.2, 0.25) is 5.91 Å². The Hall–Kier alpha value is -2.31. The van der Waals surface area contributed by atoms with Crippen molar-refractivity contribution in [3.8, 4) is 0 Å². The van der Waals surface area contributed by atoms with E-state index < -0.39 is 23.8 Å². The van der Waals surface area contributed by atoms with Gasteiger partial charge in [-0.25, -0.2) is 4.79 Å². The quantitative estimate of drug-likeness (QED) is 0.652. The Morgan fingerprint density at radius 3 is 2.70 bits per heavy atom. The topological polar surface area (TPSA) is 109 Å². The van der Waals surface area contributed by atoms with E-state index in [9.17, 15) is 14.4 Å². The molecule has 0 aromatic carbocycles. The van der Waals surface area contributed by atoms with Crippen LogP contribution in [0.2, 0.25) is 0 Å². The highest BCUT2D eigenvalue weighted by Crippen LogP contribution is 2.01. The van der Waals surface area contributed by atoms with Crippen LogP contribution < -0.4 is 10.6 Å². The van der Waals surface area contributed by atoms with E-state index in [1.807, 2.05) is 6.92 Å². The SMILES string of the molecule is CCCC[C@H](NC(=O)CNC(=O)c1ccco1)C(=O)O. The molecule has 0 saturated carbocycles. The molecule has 110 valence electrons. The van der Waals surface area contributed by atoms with Crippen LogP contribution in [-0.4, -0.2) is 35.5 Å². The van der Waals surface area contributed by atoms with Crippen LogP contribution >= 0.6 is 0 Å². The molecule has 7 nitrogen and oxygen atoms in total. The van der Waals surface area contributed by atoms with Crippen LogP contribution in [0, 0.1) is 0 Å². The van der Waals surface area contributed by atoms with Gasteiger partial charge in [-0.1, -0.05) is 19.8 Å². The number of unbranched alkanes of at least 4 members (excludes halogenated alkanes) is 1. The summed E-state index contributed by atoms with van der Waals surface area (Å²) in [4.78, 5) is 34.0. The van der Waals surface area contributed by atoms with E-state index in [4.69, 9.17) is 9.52 Å².